The predicted octanol–water partition coefficient (Wildman–Crippen LogP) is 3.49. The topological polar surface area (TPSA) is 84.6 Å². The first kappa shape index (κ1) is 21.7. The quantitative estimate of drug-likeness (QED) is 0.369. The lowest BCUT2D eigenvalue weighted by Gasteiger charge is -2.15. The lowest BCUT2D eigenvalue weighted by atomic mass is 9.98. The van der Waals surface area contributed by atoms with E-state index in [1.807, 2.05) is 12.1 Å². The molecule has 1 aromatic carbocycles. The molecule has 7 heteroatoms. The molecule has 154 valence electrons. The fourth-order valence-corrected chi connectivity index (χ4v) is 2.78. The molecule has 0 aliphatic carbocycles. The maximum absolute atomic E-state index is 5.26. The molecule has 0 bridgehead atoms. The number of methoxy groups -OCH3 is 1. The van der Waals surface area contributed by atoms with E-state index in [2.05, 4.69) is 58.7 Å². The number of rotatable bonds is 10. The lowest BCUT2D eigenvalue weighted by Crippen LogP contribution is -2.38. The third-order valence-electron chi connectivity index (χ3n) is 4.64. The number of nitrogens with one attached hydrogen (secondary N) is 2. The number of aryl methyl sites for hydroxylation is 1. The highest BCUT2D eigenvalue weighted by molar-refractivity contribution is 5.79. The Morgan fingerprint density at radius 1 is 1.14 bits per heavy atom. The summed E-state index contributed by atoms with van der Waals surface area (Å²) in [7, 11) is 3.47. The summed E-state index contributed by atoms with van der Waals surface area (Å²) in [5.74, 6) is 3.92. The molecule has 0 aliphatic heterocycles. The summed E-state index contributed by atoms with van der Waals surface area (Å²) in [5.41, 5.74) is 1.31. The largest absolute Gasteiger partial charge is 0.497 e. The second-order valence-corrected chi connectivity index (χ2v) is 7.19. The van der Waals surface area contributed by atoms with E-state index in [0.29, 0.717) is 17.7 Å². The molecule has 2 aromatic rings. The molecule has 0 fully saturated rings. The van der Waals surface area contributed by atoms with E-state index < -0.39 is 0 Å². The van der Waals surface area contributed by atoms with Crippen molar-refractivity contribution in [2.45, 2.75) is 51.9 Å². The van der Waals surface area contributed by atoms with E-state index in [-0.39, 0.29) is 0 Å². The number of hydrogen-bond donors (Lipinski definition) is 2. The maximum Gasteiger partial charge on any atom is 0.226 e. The number of guanidine groups is 1. The van der Waals surface area contributed by atoms with E-state index in [1.54, 1.807) is 14.2 Å². The normalized spacial score (nSPS) is 12.9. The van der Waals surface area contributed by atoms with Crippen LogP contribution < -0.4 is 15.4 Å². The van der Waals surface area contributed by atoms with E-state index in [4.69, 9.17) is 9.26 Å². The Labute approximate surface area is 168 Å². The van der Waals surface area contributed by atoms with Crippen molar-refractivity contribution in [2.24, 2.45) is 4.99 Å². The molecular formula is C21H33N5O2. The summed E-state index contributed by atoms with van der Waals surface area (Å²) >= 11 is 0. The Hall–Kier alpha value is -2.57. The van der Waals surface area contributed by atoms with Gasteiger partial charge in [-0.2, -0.15) is 4.98 Å². The summed E-state index contributed by atoms with van der Waals surface area (Å²) in [6, 6.07) is 8.26. The number of nitrogens with zero attached hydrogens (tertiary/aromatic N) is 3. The zero-order valence-corrected chi connectivity index (χ0v) is 17.7. The number of hydrogen-bond acceptors (Lipinski definition) is 5. The van der Waals surface area contributed by atoms with Gasteiger partial charge in [-0.15, -0.1) is 0 Å². The second-order valence-electron chi connectivity index (χ2n) is 7.19. The van der Waals surface area contributed by atoms with Gasteiger partial charge in [0, 0.05) is 32.5 Å². The number of ether oxygens (including phenoxy) is 1. The number of benzene rings is 1. The van der Waals surface area contributed by atoms with Gasteiger partial charge in [-0.1, -0.05) is 38.1 Å². The zero-order chi connectivity index (χ0) is 20.4. The highest BCUT2D eigenvalue weighted by Gasteiger charge is 2.09. The van der Waals surface area contributed by atoms with Crippen LogP contribution in [-0.2, 0) is 6.42 Å². The van der Waals surface area contributed by atoms with Gasteiger partial charge >= 0.3 is 0 Å². The van der Waals surface area contributed by atoms with Crippen molar-refractivity contribution >= 4 is 5.96 Å². The van der Waals surface area contributed by atoms with Gasteiger partial charge in [0.15, 0.2) is 11.8 Å². The van der Waals surface area contributed by atoms with Crippen LogP contribution in [0.25, 0.3) is 0 Å². The molecule has 1 atom stereocenters. The Morgan fingerprint density at radius 2 is 1.86 bits per heavy atom. The van der Waals surface area contributed by atoms with Gasteiger partial charge in [-0.05, 0) is 36.5 Å². The van der Waals surface area contributed by atoms with Gasteiger partial charge in [-0.25, -0.2) is 0 Å². The average Bonchev–Trinajstić information content (AvgIpc) is 3.19. The molecule has 1 aromatic heterocycles. The molecule has 2 N–H and O–H groups in total. The van der Waals surface area contributed by atoms with Crippen molar-refractivity contribution < 1.29 is 9.26 Å². The minimum absolute atomic E-state index is 0.291. The molecule has 7 nitrogen and oxygen atoms in total. The van der Waals surface area contributed by atoms with Crippen LogP contribution in [0.1, 0.15) is 62.7 Å². The molecule has 0 amide bonds. The first-order chi connectivity index (χ1) is 13.5. The second kappa shape index (κ2) is 11.3. The molecule has 1 heterocycles. The molecule has 2 rings (SSSR count). The predicted molar refractivity (Wildman–Crippen MR) is 112 cm³/mol. The molecule has 0 saturated carbocycles. The monoisotopic (exact) mass is 387 g/mol. The standard InChI is InChI=1S/C21H33N5O2/c1-15(2)20-25-19(28-26-20)7-6-13-23-21(22-4)24-14-12-16(3)17-8-10-18(27-5)11-9-17/h8-11,15-16H,6-7,12-14H2,1-5H3,(H2,22,23,24). The van der Waals surface area contributed by atoms with Crippen LogP contribution in [-0.4, -0.2) is 43.3 Å². The maximum atomic E-state index is 5.26. The summed E-state index contributed by atoms with van der Waals surface area (Å²) in [5, 5.41) is 10.7. The first-order valence-electron chi connectivity index (χ1n) is 9.94. The average molecular weight is 388 g/mol. The Balaban J connectivity index is 1.65. The third-order valence-corrected chi connectivity index (χ3v) is 4.64. The molecule has 0 radical (unpaired) electrons. The van der Waals surface area contributed by atoms with Crippen molar-refractivity contribution in [3.8, 4) is 5.75 Å². The molecular weight excluding hydrogens is 354 g/mol. The fraction of sp³-hybridized carbons (Fsp3) is 0.571. The molecule has 28 heavy (non-hydrogen) atoms. The van der Waals surface area contributed by atoms with Crippen molar-refractivity contribution in [1.82, 2.24) is 20.8 Å². The van der Waals surface area contributed by atoms with E-state index in [0.717, 1.165) is 49.9 Å². The summed E-state index contributed by atoms with van der Waals surface area (Å²) < 4.78 is 10.5. The molecule has 0 spiro atoms. The SMILES string of the molecule is CN=C(NCCCc1nc(C(C)C)no1)NCCC(C)c1ccc(OC)cc1. The van der Waals surface area contributed by atoms with Gasteiger partial charge in [0.2, 0.25) is 5.89 Å². The fourth-order valence-electron chi connectivity index (χ4n) is 2.78. The minimum Gasteiger partial charge on any atom is -0.497 e. The van der Waals surface area contributed by atoms with Crippen LogP contribution in [0, 0.1) is 0 Å². The van der Waals surface area contributed by atoms with Gasteiger partial charge in [0.25, 0.3) is 0 Å². The summed E-state index contributed by atoms with van der Waals surface area (Å²) in [6.45, 7) is 8.00. The van der Waals surface area contributed by atoms with Crippen molar-refractivity contribution in [1.29, 1.82) is 0 Å². The van der Waals surface area contributed by atoms with Crippen LogP contribution in [0.15, 0.2) is 33.8 Å². The van der Waals surface area contributed by atoms with Crippen LogP contribution in [0.5, 0.6) is 5.75 Å². The Morgan fingerprint density at radius 3 is 2.46 bits per heavy atom. The van der Waals surface area contributed by atoms with Crippen LogP contribution >= 0.6 is 0 Å². The highest BCUT2D eigenvalue weighted by Crippen LogP contribution is 2.21. The van der Waals surface area contributed by atoms with E-state index in [9.17, 15) is 0 Å². The van der Waals surface area contributed by atoms with Crippen LogP contribution in [0.4, 0.5) is 0 Å². The van der Waals surface area contributed by atoms with Gasteiger partial charge < -0.3 is 19.9 Å². The molecule has 1 unspecified atom stereocenters. The van der Waals surface area contributed by atoms with Crippen molar-refractivity contribution in [3.63, 3.8) is 0 Å². The van der Waals surface area contributed by atoms with E-state index in [1.165, 1.54) is 5.56 Å². The number of aliphatic imine (C=N–C) groups is 1. The lowest BCUT2D eigenvalue weighted by molar-refractivity contribution is 0.368. The van der Waals surface area contributed by atoms with Crippen LogP contribution in [0.3, 0.4) is 0 Å². The summed E-state index contributed by atoms with van der Waals surface area (Å²) in [4.78, 5) is 8.67. The third kappa shape index (κ3) is 6.87. The van der Waals surface area contributed by atoms with Crippen molar-refractivity contribution in [3.05, 3.63) is 41.5 Å². The summed E-state index contributed by atoms with van der Waals surface area (Å²) in [6.07, 6.45) is 2.69. The minimum atomic E-state index is 0.291. The van der Waals surface area contributed by atoms with Gasteiger partial charge in [0.05, 0.1) is 7.11 Å². The molecule has 0 aliphatic rings. The zero-order valence-electron chi connectivity index (χ0n) is 17.7. The molecule has 0 saturated heterocycles. The van der Waals surface area contributed by atoms with Gasteiger partial charge in [-0.3, -0.25) is 4.99 Å². The van der Waals surface area contributed by atoms with Crippen molar-refractivity contribution in [2.75, 3.05) is 27.2 Å². The first-order valence-corrected chi connectivity index (χ1v) is 9.94. The smallest absolute Gasteiger partial charge is 0.226 e. The van der Waals surface area contributed by atoms with Gasteiger partial charge in [0.1, 0.15) is 5.75 Å². The van der Waals surface area contributed by atoms with Crippen LogP contribution in [0.2, 0.25) is 0 Å². The highest BCUT2D eigenvalue weighted by atomic mass is 16.5. The Kier molecular flexibility index (Phi) is 8.78. The number of aromatic nitrogens is 2. The Bertz CT molecular complexity index is 725. The van der Waals surface area contributed by atoms with E-state index >= 15 is 0 Å².